The zero-order valence-electron chi connectivity index (χ0n) is 11.4. The van der Waals surface area contributed by atoms with Crippen LogP contribution in [0.1, 0.15) is 26.2 Å². The molecule has 0 atom stereocenters. The summed E-state index contributed by atoms with van der Waals surface area (Å²) in [5, 5.41) is 6.99. The van der Waals surface area contributed by atoms with Gasteiger partial charge < -0.3 is 15.4 Å². The largest absolute Gasteiger partial charge is 0.489 e. The number of hydrogen-bond donors (Lipinski definition) is 2. The summed E-state index contributed by atoms with van der Waals surface area (Å²) in [6.45, 7) is 7.22. The van der Waals surface area contributed by atoms with Gasteiger partial charge in [0.1, 0.15) is 12.4 Å². The minimum Gasteiger partial charge on any atom is -0.489 e. The Kier molecular flexibility index (Phi) is 7.66. The molecule has 0 aliphatic carbocycles. The smallest absolute Gasteiger partial charge is 0.170 e. The lowest BCUT2D eigenvalue weighted by atomic mass is 10.2. The molecule has 0 saturated heterocycles. The van der Waals surface area contributed by atoms with Gasteiger partial charge in [-0.2, -0.15) is 0 Å². The van der Waals surface area contributed by atoms with E-state index in [9.17, 15) is 0 Å². The van der Waals surface area contributed by atoms with Crippen molar-refractivity contribution in [1.82, 2.24) is 5.32 Å². The van der Waals surface area contributed by atoms with E-state index in [1.54, 1.807) is 6.08 Å². The van der Waals surface area contributed by atoms with Gasteiger partial charge in [-0.3, -0.25) is 0 Å². The Morgan fingerprint density at radius 2 is 2.26 bits per heavy atom. The third kappa shape index (κ3) is 6.82. The van der Waals surface area contributed by atoms with Gasteiger partial charge in [-0.1, -0.05) is 38.5 Å². The number of hydrogen-bond acceptors (Lipinski definition) is 2. The number of thiocarbonyl (C=S) groups is 1. The fourth-order valence-electron chi connectivity index (χ4n) is 1.57. The average Bonchev–Trinajstić information content (AvgIpc) is 2.42. The second kappa shape index (κ2) is 9.39. The van der Waals surface area contributed by atoms with E-state index in [1.807, 2.05) is 24.3 Å². The van der Waals surface area contributed by atoms with Crippen molar-refractivity contribution < 1.29 is 4.74 Å². The van der Waals surface area contributed by atoms with Gasteiger partial charge in [0.25, 0.3) is 0 Å². The van der Waals surface area contributed by atoms with Crippen LogP contribution >= 0.6 is 12.2 Å². The summed E-state index contributed by atoms with van der Waals surface area (Å²) in [4.78, 5) is 0. The van der Waals surface area contributed by atoms with Crippen molar-refractivity contribution in [2.24, 2.45) is 0 Å². The highest BCUT2D eigenvalue weighted by molar-refractivity contribution is 7.80. The molecule has 1 rings (SSSR count). The summed E-state index contributed by atoms with van der Waals surface area (Å²) in [6.07, 6.45) is 5.30. The highest BCUT2D eigenvalue weighted by atomic mass is 32.1. The van der Waals surface area contributed by atoms with Crippen LogP contribution in [0.2, 0.25) is 0 Å². The van der Waals surface area contributed by atoms with Gasteiger partial charge in [-0.25, -0.2) is 0 Å². The molecule has 0 saturated carbocycles. The molecular weight excluding hydrogens is 256 g/mol. The second-order valence-corrected chi connectivity index (χ2v) is 4.62. The molecule has 19 heavy (non-hydrogen) atoms. The Hall–Kier alpha value is -1.55. The number of unbranched alkanes of at least 4 members (excludes halogenated alkanes) is 2. The van der Waals surface area contributed by atoms with Crippen LogP contribution in [-0.4, -0.2) is 18.3 Å². The van der Waals surface area contributed by atoms with E-state index in [4.69, 9.17) is 17.0 Å². The normalized spacial score (nSPS) is 9.74. The molecule has 0 unspecified atom stereocenters. The zero-order valence-corrected chi connectivity index (χ0v) is 12.3. The van der Waals surface area contributed by atoms with E-state index in [2.05, 4.69) is 24.1 Å². The quantitative estimate of drug-likeness (QED) is 0.431. The maximum absolute atomic E-state index is 5.47. The van der Waals surface area contributed by atoms with Crippen LogP contribution < -0.4 is 15.4 Å². The number of ether oxygens (including phenoxy) is 1. The van der Waals surface area contributed by atoms with Gasteiger partial charge in [0.05, 0.1) is 0 Å². The van der Waals surface area contributed by atoms with Crippen LogP contribution in [0.4, 0.5) is 5.69 Å². The molecule has 0 aromatic heterocycles. The van der Waals surface area contributed by atoms with Crippen molar-refractivity contribution in [3.05, 3.63) is 36.9 Å². The van der Waals surface area contributed by atoms with Crippen LogP contribution in [0.5, 0.6) is 5.75 Å². The van der Waals surface area contributed by atoms with E-state index in [0.29, 0.717) is 11.7 Å². The summed E-state index contributed by atoms with van der Waals surface area (Å²) in [7, 11) is 0. The van der Waals surface area contributed by atoms with Crippen molar-refractivity contribution in [2.45, 2.75) is 26.2 Å². The standard InChI is InChI=1S/C15H22N2OS/c1-3-5-6-10-16-15(19)17-13-8-7-9-14(12-13)18-11-4-2/h4,7-9,12H,2-3,5-6,10-11H2,1H3,(H2,16,17,19). The second-order valence-electron chi connectivity index (χ2n) is 4.22. The lowest BCUT2D eigenvalue weighted by molar-refractivity contribution is 0.363. The summed E-state index contributed by atoms with van der Waals surface area (Å²) in [5.74, 6) is 0.804. The number of benzene rings is 1. The van der Waals surface area contributed by atoms with Crippen LogP contribution in [-0.2, 0) is 0 Å². The summed E-state index contributed by atoms with van der Waals surface area (Å²) >= 11 is 5.24. The van der Waals surface area contributed by atoms with Gasteiger partial charge >= 0.3 is 0 Å². The van der Waals surface area contributed by atoms with Crippen molar-refractivity contribution >= 4 is 23.0 Å². The third-order valence-corrected chi connectivity index (χ3v) is 2.77. The predicted octanol–water partition coefficient (Wildman–Crippen LogP) is 3.73. The number of anilines is 1. The lowest BCUT2D eigenvalue weighted by Crippen LogP contribution is -2.29. The van der Waals surface area contributed by atoms with Crippen LogP contribution in [0, 0.1) is 0 Å². The highest BCUT2D eigenvalue weighted by Gasteiger charge is 1.99. The first-order valence-electron chi connectivity index (χ1n) is 6.65. The zero-order chi connectivity index (χ0) is 13.9. The maximum Gasteiger partial charge on any atom is 0.170 e. The molecule has 1 aromatic carbocycles. The minimum atomic E-state index is 0.503. The van der Waals surface area contributed by atoms with Crippen LogP contribution in [0.3, 0.4) is 0 Å². The number of rotatable bonds is 8. The molecule has 0 aliphatic rings. The van der Waals surface area contributed by atoms with E-state index < -0.39 is 0 Å². The highest BCUT2D eigenvalue weighted by Crippen LogP contribution is 2.17. The lowest BCUT2D eigenvalue weighted by Gasteiger charge is -2.11. The Bertz CT molecular complexity index is 407. The van der Waals surface area contributed by atoms with Crippen LogP contribution in [0.15, 0.2) is 36.9 Å². The monoisotopic (exact) mass is 278 g/mol. The topological polar surface area (TPSA) is 33.3 Å². The molecule has 3 nitrogen and oxygen atoms in total. The van der Waals surface area contributed by atoms with Gasteiger partial charge in [0, 0.05) is 18.3 Å². The SMILES string of the molecule is C=CCOc1cccc(NC(=S)NCCCCC)c1. The fourth-order valence-corrected chi connectivity index (χ4v) is 1.79. The summed E-state index contributed by atoms with van der Waals surface area (Å²) in [5.41, 5.74) is 0.926. The summed E-state index contributed by atoms with van der Waals surface area (Å²) in [6, 6.07) is 7.72. The van der Waals surface area contributed by atoms with Crippen molar-refractivity contribution in [2.75, 3.05) is 18.5 Å². The van der Waals surface area contributed by atoms with Crippen LogP contribution in [0.25, 0.3) is 0 Å². The Morgan fingerprint density at radius 3 is 3.00 bits per heavy atom. The number of nitrogens with one attached hydrogen (secondary N) is 2. The van der Waals surface area contributed by atoms with Gasteiger partial charge in [0.2, 0.25) is 0 Å². The molecule has 0 fully saturated rings. The molecule has 104 valence electrons. The van der Waals surface area contributed by atoms with Gasteiger partial charge in [-0.05, 0) is 30.8 Å². The average molecular weight is 278 g/mol. The molecule has 0 radical (unpaired) electrons. The molecule has 2 N–H and O–H groups in total. The minimum absolute atomic E-state index is 0.503. The van der Waals surface area contributed by atoms with E-state index in [-0.39, 0.29) is 0 Å². The Labute approximate surface area is 121 Å². The van der Waals surface area contributed by atoms with Gasteiger partial charge in [-0.15, -0.1) is 0 Å². The summed E-state index contributed by atoms with van der Waals surface area (Å²) < 4.78 is 5.47. The Morgan fingerprint density at radius 1 is 1.42 bits per heavy atom. The fraction of sp³-hybridized carbons (Fsp3) is 0.400. The molecule has 0 heterocycles. The molecule has 0 spiro atoms. The van der Waals surface area contributed by atoms with E-state index in [1.165, 1.54) is 12.8 Å². The van der Waals surface area contributed by atoms with Gasteiger partial charge in [0.15, 0.2) is 5.11 Å². The molecule has 0 aliphatic heterocycles. The van der Waals surface area contributed by atoms with Crippen molar-refractivity contribution in [3.63, 3.8) is 0 Å². The molecular formula is C15H22N2OS. The first-order valence-corrected chi connectivity index (χ1v) is 7.05. The predicted molar refractivity (Wildman–Crippen MR) is 85.9 cm³/mol. The first-order chi connectivity index (χ1) is 9.26. The molecule has 0 bridgehead atoms. The molecule has 1 aromatic rings. The van der Waals surface area contributed by atoms with Crippen molar-refractivity contribution in [1.29, 1.82) is 0 Å². The van der Waals surface area contributed by atoms with E-state index in [0.717, 1.165) is 24.4 Å². The molecule has 4 heteroatoms. The third-order valence-electron chi connectivity index (χ3n) is 2.53. The molecule has 0 amide bonds. The van der Waals surface area contributed by atoms with E-state index >= 15 is 0 Å². The van der Waals surface area contributed by atoms with Crippen molar-refractivity contribution in [3.8, 4) is 5.75 Å². The first kappa shape index (κ1) is 15.5. The maximum atomic E-state index is 5.47. The Balaban J connectivity index is 2.38.